The number of nitrogens with one attached hydrogen (secondary N) is 1. The van der Waals surface area contributed by atoms with Crippen molar-refractivity contribution < 1.29 is 4.39 Å². The van der Waals surface area contributed by atoms with E-state index in [4.69, 9.17) is 5.26 Å². The molecule has 18 heavy (non-hydrogen) atoms. The van der Waals surface area contributed by atoms with Gasteiger partial charge in [0.25, 0.3) is 0 Å². The maximum atomic E-state index is 13.2. The Morgan fingerprint density at radius 1 is 1.33 bits per heavy atom. The maximum Gasteiger partial charge on any atom is 0.123 e. The lowest BCUT2D eigenvalue weighted by atomic mass is 9.95. The third-order valence-corrected chi connectivity index (χ3v) is 3.56. The van der Waals surface area contributed by atoms with Gasteiger partial charge in [0.15, 0.2) is 0 Å². The van der Waals surface area contributed by atoms with Crippen LogP contribution >= 0.6 is 0 Å². The molecule has 0 bridgehead atoms. The number of hydrogen-bond donors (Lipinski definition) is 1. The van der Waals surface area contributed by atoms with Crippen molar-refractivity contribution in [3.05, 3.63) is 35.1 Å². The van der Waals surface area contributed by atoms with Crippen molar-refractivity contribution in [3.8, 4) is 6.07 Å². The van der Waals surface area contributed by atoms with Gasteiger partial charge in [-0.15, -0.1) is 0 Å². The molecule has 0 aliphatic heterocycles. The molecule has 0 aromatic heterocycles. The highest BCUT2D eigenvalue weighted by atomic mass is 19.1. The average Bonchev–Trinajstić information content (AvgIpc) is 2.38. The van der Waals surface area contributed by atoms with E-state index < -0.39 is 0 Å². The lowest BCUT2D eigenvalue weighted by Crippen LogP contribution is -2.32. The van der Waals surface area contributed by atoms with Gasteiger partial charge in [0.1, 0.15) is 5.82 Å². The largest absolute Gasteiger partial charge is 0.310 e. The highest BCUT2D eigenvalue weighted by Gasteiger charge is 2.13. The summed E-state index contributed by atoms with van der Waals surface area (Å²) in [5.74, 6) is 0.324. The Kier molecular flexibility index (Phi) is 5.80. The van der Waals surface area contributed by atoms with Crippen LogP contribution < -0.4 is 5.32 Å². The first-order chi connectivity index (χ1) is 8.62. The summed E-state index contributed by atoms with van der Waals surface area (Å²) in [5, 5.41) is 12.4. The fourth-order valence-electron chi connectivity index (χ4n) is 2.25. The van der Waals surface area contributed by atoms with Gasteiger partial charge in [0.05, 0.1) is 11.6 Å². The predicted octanol–water partition coefficient (Wildman–Crippen LogP) is 3.61. The van der Waals surface area contributed by atoms with Crippen LogP contribution in [-0.4, -0.2) is 6.04 Å². The number of hydrogen-bond acceptors (Lipinski definition) is 2. The van der Waals surface area contributed by atoms with Crippen LogP contribution in [0, 0.1) is 23.1 Å². The molecule has 1 atom stereocenters. The lowest BCUT2D eigenvalue weighted by Gasteiger charge is -2.22. The van der Waals surface area contributed by atoms with Crippen molar-refractivity contribution in [3.63, 3.8) is 0 Å². The fourth-order valence-corrected chi connectivity index (χ4v) is 2.25. The predicted molar refractivity (Wildman–Crippen MR) is 71.5 cm³/mol. The minimum absolute atomic E-state index is 0.291. The van der Waals surface area contributed by atoms with E-state index >= 15 is 0 Å². The minimum atomic E-state index is -0.291. The molecule has 0 aliphatic rings. The molecule has 0 heterocycles. The van der Waals surface area contributed by atoms with Crippen LogP contribution in [0.1, 0.15) is 44.7 Å². The van der Waals surface area contributed by atoms with Crippen LogP contribution in [-0.2, 0) is 6.54 Å². The summed E-state index contributed by atoms with van der Waals surface area (Å²) >= 11 is 0. The van der Waals surface area contributed by atoms with Crippen molar-refractivity contribution in [2.75, 3.05) is 0 Å². The van der Waals surface area contributed by atoms with E-state index in [1.807, 2.05) is 0 Å². The summed E-state index contributed by atoms with van der Waals surface area (Å²) in [7, 11) is 0. The van der Waals surface area contributed by atoms with E-state index in [1.54, 1.807) is 0 Å². The minimum Gasteiger partial charge on any atom is -0.310 e. The van der Waals surface area contributed by atoms with Gasteiger partial charge in [-0.25, -0.2) is 4.39 Å². The van der Waals surface area contributed by atoms with Crippen LogP contribution in [0.25, 0.3) is 0 Å². The first-order valence-corrected chi connectivity index (χ1v) is 6.54. The Labute approximate surface area is 109 Å². The van der Waals surface area contributed by atoms with E-state index in [0.717, 1.165) is 18.4 Å². The molecule has 0 spiro atoms. The smallest absolute Gasteiger partial charge is 0.123 e. The van der Waals surface area contributed by atoms with Gasteiger partial charge < -0.3 is 5.32 Å². The second-order valence-electron chi connectivity index (χ2n) is 4.66. The normalized spacial score (nSPS) is 12.4. The van der Waals surface area contributed by atoms with Crippen molar-refractivity contribution in [2.45, 2.75) is 46.2 Å². The highest BCUT2D eigenvalue weighted by molar-refractivity contribution is 5.37. The summed E-state index contributed by atoms with van der Waals surface area (Å²) in [6.45, 7) is 7.03. The van der Waals surface area contributed by atoms with Crippen molar-refractivity contribution >= 4 is 0 Å². The average molecular weight is 248 g/mol. The molecule has 0 amide bonds. The van der Waals surface area contributed by atoms with Gasteiger partial charge in [-0.3, -0.25) is 0 Å². The monoisotopic (exact) mass is 248 g/mol. The molecule has 98 valence electrons. The molecule has 1 unspecified atom stereocenters. The van der Waals surface area contributed by atoms with Crippen molar-refractivity contribution in [1.29, 1.82) is 5.26 Å². The van der Waals surface area contributed by atoms with Crippen molar-refractivity contribution in [2.24, 2.45) is 5.92 Å². The van der Waals surface area contributed by atoms with E-state index in [1.165, 1.54) is 18.2 Å². The van der Waals surface area contributed by atoms with Gasteiger partial charge in [0, 0.05) is 12.6 Å². The first-order valence-electron chi connectivity index (χ1n) is 6.54. The summed E-state index contributed by atoms with van der Waals surface area (Å²) in [5.41, 5.74) is 1.27. The van der Waals surface area contributed by atoms with Crippen LogP contribution in [0.2, 0.25) is 0 Å². The molecule has 1 aromatic rings. The summed E-state index contributed by atoms with van der Waals surface area (Å²) < 4.78 is 13.2. The fraction of sp³-hybridized carbons (Fsp3) is 0.533. The van der Waals surface area contributed by atoms with Gasteiger partial charge in [-0.2, -0.15) is 5.26 Å². The van der Waals surface area contributed by atoms with E-state index in [9.17, 15) is 4.39 Å². The topological polar surface area (TPSA) is 35.8 Å². The molecule has 0 fully saturated rings. The number of nitrogens with zero attached hydrogens (tertiary/aromatic N) is 1. The second-order valence-corrected chi connectivity index (χ2v) is 4.66. The molecule has 1 rings (SSSR count). The Balaban J connectivity index is 2.68. The summed E-state index contributed by atoms with van der Waals surface area (Å²) in [6.07, 6.45) is 2.25. The Bertz CT molecular complexity index is 419. The van der Waals surface area contributed by atoms with Gasteiger partial charge >= 0.3 is 0 Å². The van der Waals surface area contributed by atoms with Crippen LogP contribution in [0.15, 0.2) is 18.2 Å². The van der Waals surface area contributed by atoms with Crippen LogP contribution in [0.4, 0.5) is 4.39 Å². The Hall–Kier alpha value is -1.40. The third-order valence-electron chi connectivity index (χ3n) is 3.56. The number of rotatable bonds is 6. The number of benzene rings is 1. The van der Waals surface area contributed by atoms with E-state index in [-0.39, 0.29) is 5.82 Å². The Morgan fingerprint density at radius 2 is 2.00 bits per heavy atom. The SMILES string of the molecule is CCC(CC)C(C)NCc1cc(F)ccc1C#N. The highest BCUT2D eigenvalue weighted by Crippen LogP contribution is 2.15. The Morgan fingerprint density at radius 3 is 2.56 bits per heavy atom. The molecular weight excluding hydrogens is 227 g/mol. The zero-order valence-electron chi connectivity index (χ0n) is 11.3. The zero-order chi connectivity index (χ0) is 13.5. The first kappa shape index (κ1) is 14.7. The van der Waals surface area contributed by atoms with Crippen molar-refractivity contribution in [1.82, 2.24) is 5.32 Å². The van der Waals surface area contributed by atoms with Gasteiger partial charge in [0.2, 0.25) is 0 Å². The zero-order valence-corrected chi connectivity index (χ0v) is 11.3. The maximum absolute atomic E-state index is 13.2. The molecule has 1 N–H and O–H groups in total. The quantitative estimate of drug-likeness (QED) is 0.834. The molecule has 0 saturated carbocycles. The second kappa shape index (κ2) is 7.13. The summed E-state index contributed by atoms with van der Waals surface area (Å²) in [6, 6.07) is 6.76. The van der Waals surface area contributed by atoms with E-state index in [2.05, 4.69) is 32.2 Å². The molecule has 1 aromatic carbocycles. The molecule has 0 radical (unpaired) electrons. The lowest BCUT2D eigenvalue weighted by molar-refractivity contribution is 0.353. The van der Waals surface area contributed by atoms with Gasteiger partial charge in [-0.1, -0.05) is 26.7 Å². The molecule has 0 saturated heterocycles. The standard InChI is InChI=1S/C15H21FN2/c1-4-12(5-2)11(3)18-10-14-8-15(16)7-6-13(14)9-17/h6-8,11-12,18H,4-5,10H2,1-3H3. The van der Waals surface area contributed by atoms with E-state index in [0.29, 0.717) is 24.1 Å². The number of halogens is 1. The van der Waals surface area contributed by atoms with Gasteiger partial charge in [-0.05, 0) is 36.6 Å². The van der Waals surface area contributed by atoms with Crippen LogP contribution in [0.3, 0.4) is 0 Å². The molecule has 0 aliphatic carbocycles. The third kappa shape index (κ3) is 3.82. The summed E-state index contributed by atoms with van der Waals surface area (Å²) in [4.78, 5) is 0. The molecular formula is C15H21FN2. The molecule has 3 heteroatoms. The van der Waals surface area contributed by atoms with Crippen LogP contribution in [0.5, 0.6) is 0 Å². The number of nitriles is 1. The molecule has 2 nitrogen and oxygen atoms in total.